The monoisotopic (exact) mass is 403 g/mol. The second-order valence-electron chi connectivity index (χ2n) is 6.48. The van der Waals surface area contributed by atoms with E-state index < -0.39 is 0 Å². The third-order valence-electron chi connectivity index (χ3n) is 4.62. The van der Waals surface area contributed by atoms with Gasteiger partial charge in [-0.25, -0.2) is 4.98 Å². The Morgan fingerprint density at radius 3 is 2.48 bits per heavy atom. The first-order valence-corrected chi connectivity index (χ1v) is 9.98. The van der Waals surface area contributed by atoms with Crippen LogP contribution in [0, 0.1) is 0 Å². The smallest absolute Gasteiger partial charge is 0.243 e. The minimum absolute atomic E-state index is 0.00834. The first kappa shape index (κ1) is 19.7. The van der Waals surface area contributed by atoms with Gasteiger partial charge in [-0.05, 0) is 42.7 Å². The van der Waals surface area contributed by atoms with Crippen molar-refractivity contribution >= 4 is 40.1 Å². The molecule has 1 aromatic heterocycles. The van der Waals surface area contributed by atoms with Crippen LogP contribution in [0.4, 0.5) is 0 Å². The van der Waals surface area contributed by atoms with Crippen LogP contribution in [0.3, 0.4) is 0 Å². The molecule has 27 heavy (non-hydrogen) atoms. The van der Waals surface area contributed by atoms with E-state index in [-0.39, 0.29) is 11.9 Å². The van der Waals surface area contributed by atoms with E-state index in [2.05, 4.69) is 5.32 Å². The summed E-state index contributed by atoms with van der Waals surface area (Å²) >= 11 is 12.7. The Hall–Kier alpha value is -2.04. The number of hydrogen-bond acceptors (Lipinski definition) is 2. The highest BCUT2D eigenvalue weighted by Crippen LogP contribution is 2.30. The summed E-state index contributed by atoms with van der Waals surface area (Å²) in [6.45, 7) is 4.71. The molecular formula is C21H23Cl2N3O. The number of imidazole rings is 1. The molecule has 0 saturated carbocycles. The van der Waals surface area contributed by atoms with E-state index in [1.807, 2.05) is 60.9 Å². The lowest BCUT2D eigenvalue weighted by molar-refractivity contribution is -0.124. The molecule has 1 amide bonds. The molecule has 2 aromatic carbocycles. The number of carbonyl (C=O) groups excluding carboxylic acids is 1. The number of fused-ring (bicyclic) bond motifs is 1. The number of aromatic nitrogens is 2. The van der Waals surface area contributed by atoms with Crippen LogP contribution in [-0.4, -0.2) is 22.0 Å². The normalized spacial score (nSPS) is 12.3. The topological polar surface area (TPSA) is 46.9 Å². The maximum atomic E-state index is 12.8. The van der Waals surface area contributed by atoms with Crippen LogP contribution in [0.1, 0.15) is 44.1 Å². The molecule has 1 N–H and O–H groups in total. The van der Waals surface area contributed by atoms with Crippen molar-refractivity contribution in [3.05, 3.63) is 63.9 Å². The summed E-state index contributed by atoms with van der Waals surface area (Å²) in [7, 11) is 0. The molecule has 0 aliphatic heterocycles. The molecule has 1 heterocycles. The number of amides is 1. The van der Waals surface area contributed by atoms with Gasteiger partial charge in [-0.2, -0.15) is 0 Å². The van der Waals surface area contributed by atoms with E-state index in [1.165, 1.54) is 0 Å². The van der Waals surface area contributed by atoms with Gasteiger partial charge in [-0.15, -0.1) is 0 Å². The Morgan fingerprint density at radius 2 is 1.81 bits per heavy atom. The fourth-order valence-corrected chi connectivity index (χ4v) is 3.81. The highest BCUT2D eigenvalue weighted by Gasteiger charge is 2.24. The van der Waals surface area contributed by atoms with E-state index in [9.17, 15) is 4.79 Å². The molecule has 0 spiro atoms. The lowest BCUT2D eigenvalue weighted by atomic mass is 10.1. The van der Waals surface area contributed by atoms with E-state index in [0.717, 1.165) is 28.8 Å². The van der Waals surface area contributed by atoms with Crippen molar-refractivity contribution in [2.75, 3.05) is 6.54 Å². The predicted molar refractivity (Wildman–Crippen MR) is 112 cm³/mol. The van der Waals surface area contributed by atoms with Gasteiger partial charge < -0.3 is 9.88 Å². The summed E-state index contributed by atoms with van der Waals surface area (Å²) in [5, 5.41) is 4.21. The molecule has 6 heteroatoms. The van der Waals surface area contributed by atoms with Gasteiger partial charge in [0.05, 0.1) is 11.0 Å². The van der Waals surface area contributed by atoms with Gasteiger partial charge in [0, 0.05) is 23.0 Å². The number of nitrogens with zero attached hydrogens (tertiary/aromatic N) is 2. The van der Waals surface area contributed by atoms with Crippen LogP contribution < -0.4 is 5.32 Å². The Bertz CT molecular complexity index is 931. The van der Waals surface area contributed by atoms with Crippen LogP contribution in [0.25, 0.3) is 11.0 Å². The molecule has 0 fully saturated rings. The van der Waals surface area contributed by atoms with Gasteiger partial charge in [0.15, 0.2) is 0 Å². The summed E-state index contributed by atoms with van der Waals surface area (Å²) < 4.78 is 2.03. The van der Waals surface area contributed by atoms with Crippen molar-refractivity contribution in [1.82, 2.24) is 14.9 Å². The minimum atomic E-state index is -0.333. The van der Waals surface area contributed by atoms with Crippen molar-refractivity contribution in [3.63, 3.8) is 0 Å². The van der Waals surface area contributed by atoms with Gasteiger partial charge in [0.2, 0.25) is 5.91 Å². The van der Waals surface area contributed by atoms with E-state index in [4.69, 9.17) is 28.2 Å². The lowest BCUT2D eigenvalue weighted by Crippen LogP contribution is -2.33. The van der Waals surface area contributed by atoms with Crippen molar-refractivity contribution in [1.29, 1.82) is 0 Å². The average molecular weight is 404 g/mol. The Balaban J connectivity index is 2.10. The molecule has 1 atom stereocenters. The molecule has 0 aliphatic rings. The number of nitrogens with one attached hydrogen (secondary N) is 1. The highest BCUT2D eigenvalue weighted by atomic mass is 35.5. The Kier molecular flexibility index (Phi) is 6.40. The average Bonchev–Trinajstić information content (AvgIpc) is 3.02. The molecule has 0 saturated heterocycles. The maximum absolute atomic E-state index is 12.8. The number of halogens is 2. The first-order chi connectivity index (χ1) is 13.1. The Morgan fingerprint density at radius 1 is 1.11 bits per heavy atom. The quantitative estimate of drug-likeness (QED) is 0.572. The SMILES string of the molecule is CCCNC(=O)C(CC)n1c(Cc2c(Cl)cccc2Cl)nc2ccccc21. The zero-order chi connectivity index (χ0) is 19.4. The number of rotatable bonds is 7. The van der Waals surface area contributed by atoms with Crippen molar-refractivity contribution in [2.45, 2.75) is 39.2 Å². The van der Waals surface area contributed by atoms with Gasteiger partial charge in [-0.1, -0.05) is 55.2 Å². The fourth-order valence-electron chi connectivity index (χ4n) is 3.28. The van der Waals surface area contributed by atoms with Crippen LogP contribution in [0.15, 0.2) is 42.5 Å². The summed E-state index contributed by atoms with van der Waals surface area (Å²) in [4.78, 5) is 17.6. The molecule has 3 aromatic rings. The zero-order valence-electron chi connectivity index (χ0n) is 15.5. The number of para-hydroxylation sites is 2. The van der Waals surface area contributed by atoms with Crippen molar-refractivity contribution < 1.29 is 4.79 Å². The van der Waals surface area contributed by atoms with Gasteiger partial charge in [0.25, 0.3) is 0 Å². The molecule has 3 rings (SSSR count). The van der Waals surface area contributed by atoms with Crippen molar-refractivity contribution in [2.24, 2.45) is 0 Å². The second-order valence-corrected chi connectivity index (χ2v) is 7.29. The lowest BCUT2D eigenvalue weighted by Gasteiger charge is -2.20. The summed E-state index contributed by atoms with van der Waals surface area (Å²) in [6.07, 6.45) is 2.03. The molecule has 0 aliphatic carbocycles. The van der Waals surface area contributed by atoms with E-state index >= 15 is 0 Å². The number of hydrogen-bond donors (Lipinski definition) is 1. The van der Waals surface area contributed by atoms with Gasteiger partial charge >= 0.3 is 0 Å². The third-order valence-corrected chi connectivity index (χ3v) is 5.32. The second kappa shape index (κ2) is 8.77. The summed E-state index contributed by atoms with van der Waals surface area (Å²) in [5.74, 6) is 0.790. The van der Waals surface area contributed by atoms with Gasteiger partial charge in [0.1, 0.15) is 11.9 Å². The van der Waals surface area contributed by atoms with Crippen molar-refractivity contribution in [3.8, 4) is 0 Å². The predicted octanol–water partition coefficient (Wildman–Crippen LogP) is 5.41. The molecular weight excluding hydrogens is 381 g/mol. The van der Waals surface area contributed by atoms with Crippen LogP contribution >= 0.6 is 23.2 Å². The van der Waals surface area contributed by atoms with E-state index in [0.29, 0.717) is 29.4 Å². The minimum Gasteiger partial charge on any atom is -0.354 e. The largest absolute Gasteiger partial charge is 0.354 e. The number of carbonyl (C=O) groups is 1. The van der Waals surface area contributed by atoms with E-state index in [1.54, 1.807) is 0 Å². The molecule has 0 bridgehead atoms. The van der Waals surface area contributed by atoms with Crippen LogP contribution in [0.2, 0.25) is 10.0 Å². The standard InChI is InChI=1S/C21H23Cl2N3O/c1-3-12-24-21(27)18(4-2)26-19-11-6-5-10-17(19)25-20(26)13-14-15(22)8-7-9-16(14)23/h5-11,18H,3-4,12-13H2,1-2H3,(H,24,27). The Labute approximate surface area is 169 Å². The molecule has 0 radical (unpaired) electrons. The summed E-state index contributed by atoms with van der Waals surface area (Å²) in [5.41, 5.74) is 2.62. The molecule has 4 nitrogen and oxygen atoms in total. The van der Waals surface area contributed by atoms with Crippen LogP contribution in [0.5, 0.6) is 0 Å². The first-order valence-electron chi connectivity index (χ1n) is 9.23. The zero-order valence-corrected chi connectivity index (χ0v) is 17.0. The molecule has 1 unspecified atom stereocenters. The molecule has 142 valence electrons. The van der Waals surface area contributed by atoms with Crippen LogP contribution in [-0.2, 0) is 11.2 Å². The maximum Gasteiger partial charge on any atom is 0.243 e. The highest BCUT2D eigenvalue weighted by molar-refractivity contribution is 6.36. The third kappa shape index (κ3) is 4.12. The summed E-state index contributed by atoms with van der Waals surface area (Å²) in [6, 6.07) is 13.0. The fraction of sp³-hybridized carbons (Fsp3) is 0.333. The van der Waals surface area contributed by atoms with Gasteiger partial charge in [-0.3, -0.25) is 4.79 Å². The number of benzene rings is 2.